The summed E-state index contributed by atoms with van der Waals surface area (Å²) in [6, 6.07) is 5.52. The van der Waals surface area contributed by atoms with E-state index in [2.05, 4.69) is 73.1 Å². The highest BCUT2D eigenvalue weighted by molar-refractivity contribution is 14.1. The SMILES string of the molecule is C[Si](C)(C)CCOCn1ccc2c(-c3cnn([C@@H](CC#N)[C@H]4CCN(c5ncncc5I)C4)c3)ncnc21. The van der Waals surface area contributed by atoms with Crippen LogP contribution >= 0.6 is 22.6 Å². The second-order valence-electron chi connectivity index (χ2n) is 10.9. The number of nitrogens with zero attached hydrogens (tertiary/aromatic N) is 9. The van der Waals surface area contributed by atoms with E-state index in [9.17, 15) is 5.26 Å². The average Bonchev–Trinajstić information content (AvgIpc) is 3.65. The van der Waals surface area contributed by atoms with Crippen molar-refractivity contribution >= 4 is 47.5 Å². The summed E-state index contributed by atoms with van der Waals surface area (Å²) in [4.78, 5) is 20.0. The van der Waals surface area contributed by atoms with Gasteiger partial charge in [0, 0.05) is 63.2 Å². The van der Waals surface area contributed by atoms with Gasteiger partial charge in [-0.3, -0.25) is 4.68 Å². The molecular formula is C26H32IN9OSi. The van der Waals surface area contributed by atoms with E-state index in [1.807, 2.05) is 40.1 Å². The number of aromatic nitrogens is 7. The first-order valence-electron chi connectivity index (χ1n) is 12.8. The minimum atomic E-state index is -1.13. The van der Waals surface area contributed by atoms with E-state index >= 15 is 0 Å². The first-order valence-corrected chi connectivity index (χ1v) is 17.6. The van der Waals surface area contributed by atoms with Crippen molar-refractivity contribution in [2.75, 3.05) is 24.6 Å². The summed E-state index contributed by atoms with van der Waals surface area (Å²) < 4.78 is 11.0. The van der Waals surface area contributed by atoms with Crippen molar-refractivity contribution in [2.45, 2.75) is 51.3 Å². The van der Waals surface area contributed by atoms with Crippen molar-refractivity contribution < 1.29 is 4.74 Å². The van der Waals surface area contributed by atoms with Crippen LogP contribution in [0.2, 0.25) is 25.7 Å². The molecule has 5 heterocycles. The van der Waals surface area contributed by atoms with Crippen LogP contribution in [-0.2, 0) is 11.5 Å². The Morgan fingerprint density at radius 1 is 1.21 bits per heavy atom. The third-order valence-corrected chi connectivity index (χ3v) is 9.48. The molecule has 198 valence electrons. The van der Waals surface area contributed by atoms with Gasteiger partial charge in [-0.2, -0.15) is 10.4 Å². The zero-order valence-corrected chi connectivity index (χ0v) is 25.1. The van der Waals surface area contributed by atoms with Gasteiger partial charge in [-0.05, 0) is 41.1 Å². The number of fused-ring (bicyclic) bond motifs is 1. The van der Waals surface area contributed by atoms with Gasteiger partial charge in [0.15, 0.2) is 0 Å². The molecule has 0 N–H and O–H groups in total. The summed E-state index contributed by atoms with van der Waals surface area (Å²) in [6.45, 7) is 10.0. The standard InChI is InChI=1S/C26H32IN9OSi/c1-38(2,3)11-10-37-18-35-9-6-21-24(30-17-32-25(21)35)20-12-33-36(15-20)23(4-7-28)19-5-8-34(14-19)26-22(27)13-29-16-31-26/h6,9,12-13,15-17,19,23H,4-5,8,10-11,14,18H2,1-3H3/t19-,23-/m0/s1. The highest BCUT2D eigenvalue weighted by atomic mass is 127. The van der Waals surface area contributed by atoms with Crippen molar-refractivity contribution in [3.63, 3.8) is 0 Å². The van der Waals surface area contributed by atoms with E-state index in [0.29, 0.717) is 13.2 Å². The summed E-state index contributed by atoms with van der Waals surface area (Å²) in [5.74, 6) is 1.24. The molecule has 5 rings (SSSR count). The largest absolute Gasteiger partial charge is 0.361 e. The number of anilines is 1. The van der Waals surface area contributed by atoms with E-state index < -0.39 is 8.07 Å². The molecule has 0 aliphatic carbocycles. The molecule has 2 atom stereocenters. The maximum atomic E-state index is 9.63. The lowest BCUT2D eigenvalue weighted by molar-refractivity contribution is 0.0899. The highest BCUT2D eigenvalue weighted by Crippen LogP contribution is 2.34. The summed E-state index contributed by atoms with van der Waals surface area (Å²) in [5.41, 5.74) is 2.59. The van der Waals surface area contributed by atoms with Gasteiger partial charge in [0.2, 0.25) is 0 Å². The van der Waals surface area contributed by atoms with Gasteiger partial charge in [-0.25, -0.2) is 19.9 Å². The maximum Gasteiger partial charge on any atom is 0.145 e. The Morgan fingerprint density at radius 2 is 2.08 bits per heavy atom. The summed E-state index contributed by atoms with van der Waals surface area (Å²) in [5, 5.41) is 15.3. The van der Waals surface area contributed by atoms with Crippen molar-refractivity contribution in [1.29, 1.82) is 5.26 Å². The normalized spacial score (nSPS) is 16.7. The molecule has 0 saturated carbocycles. The topological polar surface area (TPSA) is 111 Å². The second kappa shape index (κ2) is 11.5. The fourth-order valence-electron chi connectivity index (χ4n) is 4.92. The van der Waals surface area contributed by atoms with Crippen LogP contribution in [0, 0.1) is 20.8 Å². The molecule has 0 unspecified atom stereocenters. The molecule has 1 aliphatic heterocycles. The Morgan fingerprint density at radius 3 is 2.87 bits per heavy atom. The maximum absolute atomic E-state index is 9.63. The van der Waals surface area contributed by atoms with Crippen LogP contribution in [0.25, 0.3) is 22.3 Å². The lowest BCUT2D eigenvalue weighted by Crippen LogP contribution is -2.26. The second-order valence-corrected chi connectivity index (χ2v) is 17.7. The highest BCUT2D eigenvalue weighted by Gasteiger charge is 2.32. The molecule has 1 saturated heterocycles. The minimum absolute atomic E-state index is 0.0278. The van der Waals surface area contributed by atoms with Crippen molar-refractivity contribution in [3.05, 3.63) is 47.1 Å². The van der Waals surface area contributed by atoms with Gasteiger partial charge >= 0.3 is 0 Å². The third kappa shape index (κ3) is 5.89. The lowest BCUT2D eigenvalue weighted by atomic mass is 9.96. The molecule has 4 aromatic heterocycles. The zero-order valence-electron chi connectivity index (χ0n) is 22.0. The molecule has 1 fully saturated rings. The van der Waals surface area contributed by atoms with Crippen molar-refractivity contribution in [1.82, 2.24) is 34.3 Å². The van der Waals surface area contributed by atoms with Crippen LogP contribution in [0.15, 0.2) is 43.5 Å². The number of nitriles is 1. The predicted molar refractivity (Wildman–Crippen MR) is 157 cm³/mol. The van der Waals surface area contributed by atoms with Gasteiger partial charge in [0.1, 0.15) is 30.9 Å². The summed E-state index contributed by atoms with van der Waals surface area (Å²) in [6.07, 6.45) is 12.2. The minimum Gasteiger partial charge on any atom is -0.361 e. The monoisotopic (exact) mass is 641 g/mol. The molecule has 12 heteroatoms. The van der Waals surface area contributed by atoms with E-state index in [1.54, 1.807) is 12.7 Å². The average molecular weight is 642 g/mol. The number of rotatable bonds is 10. The van der Waals surface area contributed by atoms with Gasteiger partial charge in [0.05, 0.1) is 34.0 Å². The molecule has 1 aliphatic rings. The predicted octanol–water partition coefficient (Wildman–Crippen LogP) is 4.98. The fourth-order valence-corrected chi connectivity index (χ4v) is 6.32. The first-order chi connectivity index (χ1) is 18.3. The molecule has 10 nitrogen and oxygen atoms in total. The molecule has 0 radical (unpaired) electrons. The van der Waals surface area contributed by atoms with E-state index in [1.165, 1.54) is 0 Å². The Hall–Kier alpha value is -2.89. The van der Waals surface area contributed by atoms with Crippen LogP contribution in [0.4, 0.5) is 5.82 Å². The third-order valence-electron chi connectivity index (χ3n) is 7.01. The van der Waals surface area contributed by atoms with Gasteiger partial charge in [0.25, 0.3) is 0 Å². The summed E-state index contributed by atoms with van der Waals surface area (Å²) in [7, 11) is -1.13. The van der Waals surface area contributed by atoms with Gasteiger partial charge < -0.3 is 14.2 Å². The van der Waals surface area contributed by atoms with Gasteiger partial charge in [-0.15, -0.1) is 0 Å². The number of ether oxygens (including phenoxy) is 1. The number of halogens is 1. The van der Waals surface area contributed by atoms with Crippen LogP contribution in [0.3, 0.4) is 0 Å². The Kier molecular flexibility index (Phi) is 8.06. The first kappa shape index (κ1) is 26.7. The lowest BCUT2D eigenvalue weighted by Gasteiger charge is -2.23. The zero-order chi connectivity index (χ0) is 26.7. The van der Waals surface area contributed by atoms with E-state index in [-0.39, 0.29) is 12.0 Å². The van der Waals surface area contributed by atoms with Crippen LogP contribution in [0.1, 0.15) is 18.9 Å². The van der Waals surface area contributed by atoms with Crippen molar-refractivity contribution in [3.8, 4) is 17.3 Å². The molecule has 38 heavy (non-hydrogen) atoms. The molecule has 0 amide bonds. The smallest absolute Gasteiger partial charge is 0.145 e. The number of hydrogen-bond acceptors (Lipinski definition) is 8. The van der Waals surface area contributed by atoms with E-state index in [4.69, 9.17) is 9.84 Å². The van der Waals surface area contributed by atoms with Crippen molar-refractivity contribution in [2.24, 2.45) is 5.92 Å². The summed E-state index contributed by atoms with van der Waals surface area (Å²) >= 11 is 2.28. The molecule has 4 aromatic rings. The number of hydrogen-bond donors (Lipinski definition) is 0. The Balaban J connectivity index is 1.33. The quantitative estimate of drug-likeness (QED) is 0.136. The Labute approximate surface area is 237 Å². The Bertz CT molecular complexity index is 1440. The molecule has 0 spiro atoms. The van der Waals surface area contributed by atoms with Gasteiger partial charge in [-0.1, -0.05) is 19.6 Å². The van der Waals surface area contributed by atoms with Crippen LogP contribution in [0.5, 0.6) is 0 Å². The molecular weight excluding hydrogens is 609 g/mol. The molecule has 0 aromatic carbocycles. The van der Waals surface area contributed by atoms with E-state index in [0.717, 1.165) is 63.8 Å². The fraction of sp³-hybridized carbons (Fsp3) is 0.462. The van der Waals surface area contributed by atoms with Crippen LogP contribution in [-0.4, -0.2) is 62.1 Å². The van der Waals surface area contributed by atoms with Crippen LogP contribution < -0.4 is 4.90 Å². The molecule has 0 bridgehead atoms.